The largest absolute Gasteiger partial charge is 0.484 e. The van der Waals surface area contributed by atoms with Crippen LogP contribution in [-0.4, -0.2) is 35.1 Å². The second-order valence-corrected chi connectivity index (χ2v) is 6.30. The molecule has 0 unspecified atom stereocenters. The molecule has 1 saturated heterocycles. The molecule has 1 fully saturated rings. The van der Waals surface area contributed by atoms with Gasteiger partial charge < -0.3 is 15.4 Å². The maximum atomic E-state index is 5.88. The van der Waals surface area contributed by atoms with Gasteiger partial charge in [-0.15, -0.1) is 0 Å². The third-order valence-corrected chi connectivity index (χ3v) is 4.47. The van der Waals surface area contributed by atoms with E-state index in [1.807, 2.05) is 25.6 Å². The number of hydrogen-bond acceptors (Lipinski definition) is 6. The van der Waals surface area contributed by atoms with Crippen molar-refractivity contribution in [3.8, 4) is 5.75 Å². The highest BCUT2D eigenvalue weighted by molar-refractivity contribution is 7.99. The van der Waals surface area contributed by atoms with Gasteiger partial charge in [-0.1, -0.05) is 0 Å². The second-order valence-electron chi connectivity index (χ2n) is 4.32. The lowest BCUT2D eigenvalue weighted by molar-refractivity contribution is 0.245. The van der Waals surface area contributed by atoms with Gasteiger partial charge in [0.05, 0.1) is 6.10 Å². The zero-order valence-electron chi connectivity index (χ0n) is 10.3. The first-order valence-corrected chi connectivity index (χ1v) is 7.86. The highest BCUT2D eigenvalue weighted by Gasteiger charge is 2.21. The van der Waals surface area contributed by atoms with Crippen molar-refractivity contribution < 1.29 is 4.74 Å². The van der Waals surface area contributed by atoms with E-state index < -0.39 is 0 Å². The minimum absolute atomic E-state index is 0.133. The molecule has 0 saturated carbocycles. The van der Waals surface area contributed by atoms with E-state index in [1.54, 1.807) is 0 Å². The fourth-order valence-electron chi connectivity index (χ4n) is 1.78. The first-order chi connectivity index (χ1) is 8.18. The van der Waals surface area contributed by atoms with Gasteiger partial charge in [0.2, 0.25) is 0 Å². The molecule has 6 heteroatoms. The number of nitrogen functional groups attached to an aromatic ring is 1. The molecule has 2 heterocycles. The lowest BCUT2D eigenvalue weighted by atomic mass is 10.4. The summed E-state index contributed by atoms with van der Waals surface area (Å²) in [6.07, 6.45) is 1.35. The number of nitrogens with zero attached hydrogens (tertiary/aromatic N) is 2. The summed E-state index contributed by atoms with van der Waals surface area (Å²) in [4.78, 5) is 2.35. The van der Waals surface area contributed by atoms with Gasteiger partial charge in [-0.2, -0.15) is 16.1 Å². The molecule has 0 atom stereocenters. The number of rotatable bonds is 3. The van der Waals surface area contributed by atoms with Gasteiger partial charge >= 0.3 is 0 Å². The average Bonchev–Trinajstić information content (AvgIpc) is 2.55. The Kier molecular flexibility index (Phi) is 4.39. The number of ether oxygens (including phenoxy) is 1. The Morgan fingerprint density at radius 3 is 2.94 bits per heavy atom. The monoisotopic (exact) mass is 273 g/mol. The molecule has 0 amide bonds. The smallest absolute Gasteiger partial charge is 0.198 e. The molecule has 0 aromatic carbocycles. The standard InChI is InChI=1S/C11H19N3OS2/c1-8(2)15-9-10(12)13-17-11(9)14-4-3-6-16-7-5-14/h8H,3-7H2,1-2H3,(H2,12,13). The lowest BCUT2D eigenvalue weighted by Crippen LogP contribution is -2.25. The van der Waals surface area contributed by atoms with Crippen molar-refractivity contribution in [2.24, 2.45) is 0 Å². The first kappa shape index (κ1) is 12.8. The van der Waals surface area contributed by atoms with E-state index in [2.05, 4.69) is 9.27 Å². The average molecular weight is 273 g/mol. The van der Waals surface area contributed by atoms with Gasteiger partial charge in [0.1, 0.15) is 0 Å². The predicted molar refractivity (Wildman–Crippen MR) is 76.4 cm³/mol. The van der Waals surface area contributed by atoms with Crippen LogP contribution in [0.1, 0.15) is 20.3 Å². The Morgan fingerprint density at radius 1 is 1.35 bits per heavy atom. The Bertz CT molecular complexity index is 360. The molecule has 0 radical (unpaired) electrons. The maximum Gasteiger partial charge on any atom is 0.198 e. The van der Waals surface area contributed by atoms with Crippen molar-refractivity contribution in [1.82, 2.24) is 4.37 Å². The number of hydrogen-bond donors (Lipinski definition) is 1. The summed E-state index contributed by atoms with van der Waals surface area (Å²) in [5.41, 5.74) is 5.88. The highest BCUT2D eigenvalue weighted by atomic mass is 32.2. The first-order valence-electron chi connectivity index (χ1n) is 5.93. The van der Waals surface area contributed by atoms with Crippen LogP contribution in [0.25, 0.3) is 0 Å². The van der Waals surface area contributed by atoms with E-state index in [0.717, 1.165) is 23.8 Å². The fourth-order valence-corrected chi connectivity index (χ4v) is 3.47. The summed E-state index contributed by atoms with van der Waals surface area (Å²) >= 11 is 3.46. The van der Waals surface area contributed by atoms with Gasteiger partial charge in [0.25, 0.3) is 0 Å². The van der Waals surface area contributed by atoms with Crippen LogP contribution in [-0.2, 0) is 0 Å². The molecule has 1 aromatic rings. The molecule has 1 aliphatic rings. The SMILES string of the molecule is CC(C)Oc1c(N)nsc1N1CCCSCC1. The Labute approximate surface area is 111 Å². The molecule has 1 aromatic heterocycles. The Morgan fingerprint density at radius 2 is 2.18 bits per heavy atom. The summed E-state index contributed by atoms with van der Waals surface area (Å²) in [5, 5.41) is 1.10. The lowest BCUT2D eigenvalue weighted by Gasteiger charge is -2.22. The second kappa shape index (κ2) is 5.82. The minimum Gasteiger partial charge on any atom is -0.484 e. The Balaban J connectivity index is 2.18. The quantitative estimate of drug-likeness (QED) is 0.917. The molecule has 0 spiro atoms. The van der Waals surface area contributed by atoms with Crippen molar-refractivity contribution >= 4 is 34.1 Å². The van der Waals surface area contributed by atoms with Gasteiger partial charge in [-0.25, -0.2) is 0 Å². The topological polar surface area (TPSA) is 51.4 Å². The van der Waals surface area contributed by atoms with Gasteiger partial charge in [-0.05, 0) is 37.6 Å². The number of aromatic nitrogens is 1. The molecule has 0 aliphatic carbocycles. The van der Waals surface area contributed by atoms with E-state index in [0.29, 0.717) is 5.82 Å². The van der Waals surface area contributed by atoms with Crippen LogP contribution in [0.4, 0.5) is 10.8 Å². The van der Waals surface area contributed by atoms with E-state index in [-0.39, 0.29) is 6.10 Å². The van der Waals surface area contributed by atoms with Crippen LogP contribution in [0.5, 0.6) is 5.75 Å². The molecule has 2 rings (SSSR count). The summed E-state index contributed by atoms with van der Waals surface area (Å²) < 4.78 is 10.0. The number of thioether (sulfide) groups is 1. The van der Waals surface area contributed by atoms with E-state index in [1.165, 1.54) is 29.5 Å². The van der Waals surface area contributed by atoms with Crippen LogP contribution >= 0.6 is 23.3 Å². The summed E-state index contributed by atoms with van der Waals surface area (Å²) in [6.45, 7) is 6.15. The van der Waals surface area contributed by atoms with E-state index in [4.69, 9.17) is 10.5 Å². The summed E-state index contributed by atoms with van der Waals surface area (Å²) in [6, 6.07) is 0. The third-order valence-electron chi connectivity index (χ3n) is 2.52. The molecule has 2 N–H and O–H groups in total. The van der Waals surface area contributed by atoms with Crippen molar-refractivity contribution in [2.75, 3.05) is 35.2 Å². The van der Waals surface area contributed by atoms with Gasteiger partial charge in [0.15, 0.2) is 16.6 Å². The third kappa shape index (κ3) is 3.19. The molecular weight excluding hydrogens is 254 g/mol. The Hall–Kier alpha value is -0.620. The zero-order valence-corrected chi connectivity index (χ0v) is 11.9. The number of anilines is 2. The highest BCUT2D eigenvalue weighted by Crippen LogP contribution is 2.39. The molecule has 1 aliphatic heterocycles. The van der Waals surface area contributed by atoms with Crippen molar-refractivity contribution in [3.63, 3.8) is 0 Å². The van der Waals surface area contributed by atoms with Crippen LogP contribution in [0, 0.1) is 0 Å². The molecule has 96 valence electrons. The van der Waals surface area contributed by atoms with Crippen LogP contribution in [0.2, 0.25) is 0 Å². The van der Waals surface area contributed by atoms with E-state index >= 15 is 0 Å². The maximum absolute atomic E-state index is 5.88. The van der Waals surface area contributed by atoms with Gasteiger partial charge in [-0.3, -0.25) is 0 Å². The molecular formula is C11H19N3OS2. The molecule has 0 bridgehead atoms. The van der Waals surface area contributed by atoms with Crippen molar-refractivity contribution in [2.45, 2.75) is 26.4 Å². The summed E-state index contributed by atoms with van der Waals surface area (Å²) in [5.74, 6) is 3.71. The van der Waals surface area contributed by atoms with E-state index in [9.17, 15) is 0 Å². The van der Waals surface area contributed by atoms with Gasteiger partial charge in [0, 0.05) is 18.8 Å². The van der Waals surface area contributed by atoms with Crippen LogP contribution < -0.4 is 15.4 Å². The normalized spacial score (nSPS) is 17.2. The summed E-state index contributed by atoms with van der Waals surface area (Å²) in [7, 11) is 0. The van der Waals surface area contributed by atoms with Crippen molar-refractivity contribution in [3.05, 3.63) is 0 Å². The zero-order chi connectivity index (χ0) is 12.3. The molecule has 17 heavy (non-hydrogen) atoms. The minimum atomic E-state index is 0.133. The predicted octanol–water partition coefficient (Wildman–Crippen LogP) is 2.46. The van der Waals surface area contributed by atoms with Crippen LogP contribution in [0.15, 0.2) is 0 Å². The van der Waals surface area contributed by atoms with Crippen LogP contribution in [0.3, 0.4) is 0 Å². The fraction of sp³-hybridized carbons (Fsp3) is 0.727. The van der Waals surface area contributed by atoms with Crippen molar-refractivity contribution in [1.29, 1.82) is 0 Å². The number of nitrogens with two attached hydrogens (primary N) is 1. The molecule has 4 nitrogen and oxygen atoms in total.